The molecule has 2 saturated heterocycles. The third kappa shape index (κ3) is 2.53. The van der Waals surface area contributed by atoms with Gasteiger partial charge in [-0.3, -0.25) is 9.69 Å². The third-order valence-corrected chi connectivity index (χ3v) is 4.81. The number of amides is 1. The largest absolute Gasteiger partial charge is 0.458 e. The number of primary amides is 1. The lowest BCUT2D eigenvalue weighted by molar-refractivity contribution is -0.131. The van der Waals surface area contributed by atoms with Gasteiger partial charge in [0.15, 0.2) is 0 Å². The highest BCUT2D eigenvalue weighted by molar-refractivity contribution is 5.90. The Hall–Kier alpha value is -1.88. The number of carbonyl (C=O) groups excluding carboxylic acids is 2. The molecule has 4 atom stereocenters. The number of ether oxygens (including phenoxy) is 1. The number of fused-ring (bicyclic) bond motifs is 2. The summed E-state index contributed by atoms with van der Waals surface area (Å²) >= 11 is 0. The van der Waals surface area contributed by atoms with Crippen LogP contribution in [0.15, 0.2) is 30.3 Å². The Morgan fingerprint density at radius 2 is 1.95 bits per heavy atom. The first-order chi connectivity index (χ1) is 10.1. The smallest absolute Gasteiger partial charge is 0.338 e. The molecule has 0 aromatic heterocycles. The summed E-state index contributed by atoms with van der Waals surface area (Å²) in [4.78, 5) is 26.2. The molecule has 2 N–H and O–H groups in total. The Balaban J connectivity index is 1.78. The molecule has 1 aromatic carbocycles. The summed E-state index contributed by atoms with van der Waals surface area (Å²) in [5, 5.41) is 0. The van der Waals surface area contributed by atoms with Crippen LogP contribution in [-0.4, -0.2) is 42.0 Å². The van der Waals surface area contributed by atoms with E-state index in [1.807, 2.05) is 13.1 Å². The topological polar surface area (TPSA) is 72.6 Å². The molecule has 2 bridgehead atoms. The van der Waals surface area contributed by atoms with Crippen molar-refractivity contribution in [2.24, 2.45) is 11.7 Å². The maximum atomic E-state index is 12.2. The number of hydrogen-bond acceptors (Lipinski definition) is 4. The lowest BCUT2D eigenvalue weighted by atomic mass is 9.87. The molecule has 0 spiro atoms. The van der Waals surface area contributed by atoms with Crippen LogP contribution in [0.1, 0.15) is 29.6 Å². The van der Waals surface area contributed by atoms with Gasteiger partial charge in [-0.1, -0.05) is 18.2 Å². The summed E-state index contributed by atoms with van der Waals surface area (Å²) in [7, 11) is 2.02. The van der Waals surface area contributed by atoms with Gasteiger partial charge in [0, 0.05) is 18.5 Å². The van der Waals surface area contributed by atoms with Gasteiger partial charge in [-0.25, -0.2) is 4.79 Å². The molecule has 1 amide bonds. The van der Waals surface area contributed by atoms with Crippen molar-refractivity contribution >= 4 is 11.9 Å². The fourth-order valence-electron chi connectivity index (χ4n) is 3.69. The lowest BCUT2D eigenvalue weighted by Gasteiger charge is -2.40. The highest BCUT2D eigenvalue weighted by Crippen LogP contribution is 2.39. The highest BCUT2D eigenvalue weighted by atomic mass is 16.5. The second-order valence-corrected chi connectivity index (χ2v) is 5.94. The van der Waals surface area contributed by atoms with Crippen molar-refractivity contribution in [3.05, 3.63) is 35.9 Å². The van der Waals surface area contributed by atoms with Gasteiger partial charge in [-0.15, -0.1) is 0 Å². The molecule has 3 rings (SSSR count). The fraction of sp³-hybridized carbons (Fsp3) is 0.500. The summed E-state index contributed by atoms with van der Waals surface area (Å²) in [5.74, 6) is -1.17. The van der Waals surface area contributed by atoms with Gasteiger partial charge in [-0.2, -0.15) is 0 Å². The molecular weight excluding hydrogens is 268 g/mol. The SMILES string of the molecule is CN1C2CC[C@@H]1C[C@H](OC(=O)c1ccccc1)C2C(N)=O. The van der Waals surface area contributed by atoms with Crippen molar-refractivity contribution in [1.82, 2.24) is 4.90 Å². The summed E-state index contributed by atoms with van der Waals surface area (Å²) in [6.07, 6.45) is 2.24. The first-order valence-electron chi connectivity index (χ1n) is 7.35. The van der Waals surface area contributed by atoms with E-state index in [0.717, 1.165) is 12.8 Å². The molecule has 112 valence electrons. The normalized spacial score (nSPS) is 31.9. The predicted molar refractivity (Wildman–Crippen MR) is 77.5 cm³/mol. The van der Waals surface area contributed by atoms with Gasteiger partial charge in [0.05, 0.1) is 11.5 Å². The number of nitrogens with two attached hydrogens (primary N) is 1. The monoisotopic (exact) mass is 288 g/mol. The molecule has 5 heteroatoms. The second-order valence-electron chi connectivity index (χ2n) is 5.94. The highest BCUT2D eigenvalue weighted by Gasteiger charge is 2.49. The third-order valence-electron chi connectivity index (χ3n) is 4.81. The molecule has 2 heterocycles. The van der Waals surface area contributed by atoms with E-state index in [4.69, 9.17) is 10.5 Å². The van der Waals surface area contributed by atoms with E-state index in [9.17, 15) is 9.59 Å². The van der Waals surface area contributed by atoms with Crippen molar-refractivity contribution in [3.63, 3.8) is 0 Å². The Morgan fingerprint density at radius 3 is 2.62 bits per heavy atom. The molecule has 1 aromatic rings. The van der Waals surface area contributed by atoms with Crippen molar-refractivity contribution < 1.29 is 14.3 Å². The molecule has 2 aliphatic heterocycles. The van der Waals surface area contributed by atoms with Crippen LogP contribution in [0.2, 0.25) is 0 Å². The molecule has 2 fully saturated rings. The number of hydrogen-bond donors (Lipinski definition) is 1. The predicted octanol–water partition coefficient (Wildman–Crippen LogP) is 1.18. The minimum Gasteiger partial charge on any atom is -0.458 e. The second kappa shape index (κ2) is 5.48. The summed E-state index contributed by atoms with van der Waals surface area (Å²) in [6, 6.07) is 9.32. The van der Waals surface area contributed by atoms with Gasteiger partial charge in [0.1, 0.15) is 6.10 Å². The van der Waals surface area contributed by atoms with E-state index in [1.165, 1.54) is 0 Å². The number of rotatable bonds is 3. The van der Waals surface area contributed by atoms with Crippen molar-refractivity contribution in [1.29, 1.82) is 0 Å². The fourth-order valence-corrected chi connectivity index (χ4v) is 3.69. The molecule has 2 aliphatic rings. The zero-order valence-electron chi connectivity index (χ0n) is 12.1. The molecule has 0 aliphatic carbocycles. The molecule has 0 saturated carbocycles. The standard InChI is InChI=1S/C16H20N2O3/c1-18-11-7-8-12(18)14(15(17)19)13(9-11)21-16(20)10-5-3-2-4-6-10/h2-6,11-14H,7-9H2,1H3,(H2,17,19)/t11-,12?,13+,14?/m1/s1. The zero-order valence-corrected chi connectivity index (χ0v) is 12.1. The van der Waals surface area contributed by atoms with Crippen LogP contribution in [0.3, 0.4) is 0 Å². The van der Waals surface area contributed by atoms with Crippen LogP contribution in [0.25, 0.3) is 0 Å². The number of carbonyl (C=O) groups is 2. The van der Waals surface area contributed by atoms with E-state index in [-0.39, 0.29) is 17.9 Å². The lowest BCUT2D eigenvalue weighted by Crippen LogP contribution is -2.54. The zero-order chi connectivity index (χ0) is 15.0. The van der Waals surface area contributed by atoms with E-state index in [1.54, 1.807) is 24.3 Å². The van der Waals surface area contributed by atoms with Crippen LogP contribution in [0.5, 0.6) is 0 Å². The van der Waals surface area contributed by atoms with Gasteiger partial charge in [0.2, 0.25) is 5.91 Å². The van der Waals surface area contributed by atoms with E-state index < -0.39 is 12.0 Å². The van der Waals surface area contributed by atoms with Crippen molar-refractivity contribution in [3.8, 4) is 0 Å². The van der Waals surface area contributed by atoms with E-state index in [0.29, 0.717) is 18.0 Å². The Bertz CT molecular complexity index is 546. The number of esters is 1. The molecule has 21 heavy (non-hydrogen) atoms. The minimum absolute atomic E-state index is 0.0924. The van der Waals surface area contributed by atoms with Crippen LogP contribution in [0, 0.1) is 5.92 Å². The maximum Gasteiger partial charge on any atom is 0.338 e. The maximum absolute atomic E-state index is 12.2. The number of benzene rings is 1. The minimum atomic E-state index is -0.415. The molecule has 2 unspecified atom stereocenters. The van der Waals surface area contributed by atoms with Crippen molar-refractivity contribution in [2.45, 2.75) is 37.5 Å². The van der Waals surface area contributed by atoms with Gasteiger partial charge < -0.3 is 10.5 Å². The van der Waals surface area contributed by atoms with Crippen LogP contribution in [0.4, 0.5) is 0 Å². The quantitative estimate of drug-likeness (QED) is 0.848. The average Bonchev–Trinajstić information content (AvgIpc) is 2.72. The average molecular weight is 288 g/mol. The molecular formula is C16H20N2O3. The Kier molecular flexibility index (Phi) is 3.68. The Labute approximate surface area is 124 Å². The summed E-state index contributed by atoms with van der Waals surface area (Å²) < 4.78 is 5.61. The van der Waals surface area contributed by atoms with E-state index >= 15 is 0 Å². The molecule has 0 radical (unpaired) electrons. The summed E-state index contributed by atoms with van der Waals surface area (Å²) in [5.41, 5.74) is 6.07. The first kappa shape index (κ1) is 14.1. The Morgan fingerprint density at radius 1 is 1.24 bits per heavy atom. The summed E-state index contributed by atoms with van der Waals surface area (Å²) in [6.45, 7) is 0. The van der Waals surface area contributed by atoms with Gasteiger partial charge >= 0.3 is 5.97 Å². The van der Waals surface area contributed by atoms with Gasteiger partial charge in [0.25, 0.3) is 0 Å². The first-order valence-corrected chi connectivity index (χ1v) is 7.35. The van der Waals surface area contributed by atoms with Gasteiger partial charge in [-0.05, 0) is 32.0 Å². The molecule has 5 nitrogen and oxygen atoms in total. The van der Waals surface area contributed by atoms with Crippen LogP contribution >= 0.6 is 0 Å². The van der Waals surface area contributed by atoms with E-state index in [2.05, 4.69) is 4.90 Å². The van der Waals surface area contributed by atoms with Crippen LogP contribution in [-0.2, 0) is 9.53 Å². The van der Waals surface area contributed by atoms with Crippen molar-refractivity contribution in [2.75, 3.05) is 7.05 Å². The number of piperidine rings is 1. The number of nitrogens with zero attached hydrogens (tertiary/aromatic N) is 1. The van der Waals surface area contributed by atoms with Crippen LogP contribution < -0.4 is 5.73 Å².